The van der Waals surface area contributed by atoms with Gasteiger partial charge in [-0.05, 0) is 13.8 Å². The van der Waals surface area contributed by atoms with Gasteiger partial charge in [0.15, 0.2) is 0 Å². The minimum Gasteiger partial charge on any atom is -0.368 e. The Hall–Kier alpha value is -1.51. The molecule has 1 aromatic carbocycles. The normalized spacial score (nSPS) is 11.7. The van der Waals surface area contributed by atoms with Gasteiger partial charge in [-0.25, -0.2) is 0 Å². The Bertz CT molecular complexity index is 505. The summed E-state index contributed by atoms with van der Waals surface area (Å²) in [5.74, 6) is -0.192. The zero-order valence-electron chi connectivity index (χ0n) is 10.6. The quantitative estimate of drug-likeness (QED) is 0.611. The predicted octanol–water partition coefficient (Wildman–Crippen LogP) is 3.89. The molecule has 1 unspecified atom stereocenters. The molecule has 1 atom stereocenters. The van der Waals surface area contributed by atoms with Gasteiger partial charge in [0, 0.05) is 25.2 Å². The van der Waals surface area contributed by atoms with E-state index in [1.54, 1.807) is 6.92 Å². The molecule has 19 heavy (non-hydrogen) atoms. The van der Waals surface area contributed by atoms with Crippen LogP contribution in [0.3, 0.4) is 0 Å². The lowest BCUT2D eigenvalue weighted by Gasteiger charge is -2.26. The van der Waals surface area contributed by atoms with Crippen LogP contribution < -0.4 is 4.90 Å². The summed E-state index contributed by atoms with van der Waals surface area (Å²) < 4.78 is 0. The molecular weight excluding hydrogens is 289 g/mol. The van der Waals surface area contributed by atoms with E-state index in [1.165, 1.54) is 12.1 Å². The molecule has 0 N–H and O–H groups in total. The average molecular weight is 302 g/mol. The summed E-state index contributed by atoms with van der Waals surface area (Å²) >= 11 is 12.1. The van der Waals surface area contributed by atoms with Crippen LogP contribution in [0.2, 0.25) is 10.0 Å². The molecule has 0 spiro atoms. The van der Waals surface area contributed by atoms with Crippen LogP contribution in [0.5, 0.6) is 0 Å². The van der Waals surface area contributed by atoms with E-state index >= 15 is 0 Å². The Balaban J connectivity index is 3.18. The summed E-state index contributed by atoms with van der Waals surface area (Å²) in [7, 11) is 0. The zero-order chi connectivity index (χ0) is 14.6. The first-order valence-corrected chi connectivity index (χ1v) is 6.44. The first-order chi connectivity index (χ1) is 8.90. The highest BCUT2D eigenvalue weighted by Gasteiger charge is 2.19. The molecule has 7 heteroatoms. The van der Waals surface area contributed by atoms with Crippen LogP contribution in [0.25, 0.3) is 0 Å². The van der Waals surface area contributed by atoms with Crippen molar-refractivity contribution < 1.29 is 4.92 Å². The van der Waals surface area contributed by atoms with E-state index in [4.69, 9.17) is 28.5 Å². The highest BCUT2D eigenvalue weighted by Crippen LogP contribution is 2.37. The van der Waals surface area contributed by atoms with Gasteiger partial charge in [-0.3, -0.25) is 10.1 Å². The van der Waals surface area contributed by atoms with Gasteiger partial charge < -0.3 is 4.90 Å². The van der Waals surface area contributed by atoms with Gasteiger partial charge >= 0.3 is 0 Å². The summed E-state index contributed by atoms with van der Waals surface area (Å²) in [6, 6.07) is 4.66. The van der Waals surface area contributed by atoms with Crippen molar-refractivity contribution in [3.8, 4) is 6.07 Å². The second kappa shape index (κ2) is 6.60. The number of nitro benzene ring substituents is 1. The maximum atomic E-state index is 10.7. The molecule has 0 aliphatic carbocycles. The standard InChI is InChI=1S/C12H13Cl2N3O2/c1-3-16(7-8(2)6-15)12-10(13)4-9(17(18)19)5-11(12)14/h4-5,8H,3,7H2,1-2H3. The zero-order valence-corrected chi connectivity index (χ0v) is 12.1. The number of nitriles is 1. The Labute approximate surface area is 121 Å². The van der Waals surface area contributed by atoms with Crippen molar-refractivity contribution in [1.29, 1.82) is 5.26 Å². The van der Waals surface area contributed by atoms with Crippen molar-refractivity contribution in [3.63, 3.8) is 0 Å². The van der Waals surface area contributed by atoms with E-state index in [0.29, 0.717) is 18.8 Å². The van der Waals surface area contributed by atoms with Crippen molar-refractivity contribution in [3.05, 3.63) is 32.3 Å². The molecule has 1 aromatic rings. The average Bonchev–Trinajstić information content (AvgIpc) is 2.35. The third kappa shape index (κ3) is 3.72. The molecule has 5 nitrogen and oxygen atoms in total. The molecule has 0 aliphatic heterocycles. The van der Waals surface area contributed by atoms with Crippen LogP contribution in [-0.2, 0) is 0 Å². The number of rotatable bonds is 5. The number of non-ortho nitro benzene ring substituents is 1. The number of anilines is 1. The summed E-state index contributed by atoms with van der Waals surface area (Å²) in [4.78, 5) is 12.0. The first kappa shape index (κ1) is 15.5. The highest BCUT2D eigenvalue weighted by atomic mass is 35.5. The van der Waals surface area contributed by atoms with E-state index in [2.05, 4.69) is 6.07 Å². The molecule has 0 aromatic heterocycles. The fraction of sp³-hybridized carbons (Fsp3) is 0.417. The second-order valence-electron chi connectivity index (χ2n) is 4.08. The van der Waals surface area contributed by atoms with Crippen LogP contribution >= 0.6 is 23.2 Å². The van der Waals surface area contributed by atoms with Crippen LogP contribution in [0, 0.1) is 27.4 Å². The lowest BCUT2D eigenvalue weighted by molar-refractivity contribution is -0.384. The van der Waals surface area contributed by atoms with E-state index in [9.17, 15) is 10.1 Å². The van der Waals surface area contributed by atoms with Gasteiger partial charge in [-0.15, -0.1) is 0 Å². The predicted molar refractivity (Wildman–Crippen MR) is 75.8 cm³/mol. The summed E-state index contributed by atoms with van der Waals surface area (Å²) in [6.07, 6.45) is 0. The molecule has 0 amide bonds. The molecule has 0 bridgehead atoms. The highest BCUT2D eigenvalue weighted by molar-refractivity contribution is 6.39. The van der Waals surface area contributed by atoms with Crippen LogP contribution in [0.1, 0.15) is 13.8 Å². The van der Waals surface area contributed by atoms with Crippen molar-refractivity contribution in [2.45, 2.75) is 13.8 Å². The van der Waals surface area contributed by atoms with Crippen molar-refractivity contribution in [1.82, 2.24) is 0 Å². The molecular formula is C12H13Cl2N3O2. The largest absolute Gasteiger partial charge is 0.368 e. The number of hydrogen-bond acceptors (Lipinski definition) is 4. The van der Waals surface area contributed by atoms with E-state index in [0.717, 1.165) is 0 Å². The molecule has 0 heterocycles. The van der Waals surface area contributed by atoms with Gasteiger partial charge in [0.2, 0.25) is 0 Å². The number of nitro groups is 1. The molecule has 0 radical (unpaired) electrons. The Kier molecular flexibility index (Phi) is 5.40. The molecule has 0 aliphatic rings. The van der Waals surface area contributed by atoms with Crippen LogP contribution in [0.15, 0.2) is 12.1 Å². The fourth-order valence-electron chi connectivity index (χ4n) is 1.71. The number of hydrogen-bond donors (Lipinski definition) is 0. The summed E-state index contributed by atoms with van der Waals surface area (Å²) in [6.45, 7) is 4.75. The third-order valence-corrected chi connectivity index (χ3v) is 3.20. The van der Waals surface area contributed by atoms with Crippen molar-refractivity contribution in [2.75, 3.05) is 18.0 Å². The van der Waals surface area contributed by atoms with Crippen molar-refractivity contribution in [2.24, 2.45) is 5.92 Å². The molecule has 102 valence electrons. The molecule has 0 saturated heterocycles. The second-order valence-corrected chi connectivity index (χ2v) is 4.90. The minimum atomic E-state index is -0.546. The number of benzene rings is 1. The Morgan fingerprint density at radius 2 is 2.00 bits per heavy atom. The summed E-state index contributed by atoms with van der Waals surface area (Å²) in [5, 5.41) is 20.0. The first-order valence-electron chi connectivity index (χ1n) is 5.68. The molecule has 1 rings (SSSR count). The van der Waals surface area contributed by atoms with Crippen LogP contribution in [0.4, 0.5) is 11.4 Å². The monoisotopic (exact) mass is 301 g/mol. The van der Waals surface area contributed by atoms with E-state index in [1.807, 2.05) is 11.8 Å². The van der Waals surface area contributed by atoms with E-state index < -0.39 is 4.92 Å². The Morgan fingerprint density at radius 3 is 2.37 bits per heavy atom. The van der Waals surface area contributed by atoms with Gasteiger partial charge in [-0.1, -0.05) is 23.2 Å². The van der Waals surface area contributed by atoms with Crippen molar-refractivity contribution >= 4 is 34.6 Å². The maximum absolute atomic E-state index is 10.7. The minimum absolute atomic E-state index is 0.150. The number of halogens is 2. The van der Waals surface area contributed by atoms with Crippen LogP contribution in [-0.4, -0.2) is 18.0 Å². The maximum Gasteiger partial charge on any atom is 0.272 e. The molecule has 0 fully saturated rings. The lowest BCUT2D eigenvalue weighted by atomic mass is 10.1. The number of nitrogens with zero attached hydrogens (tertiary/aromatic N) is 3. The van der Waals surface area contributed by atoms with Gasteiger partial charge in [0.1, 0.15) is 0 Å². The topological polar surface area (TPSA) is 70.2 Å². The SMILES string of the molecule is CCN(CC(C)C#N)c1c(Cl)cc([N+](=O)[O-])cc1Cl. The summed E-state index contributed by atoms with van der Waals surface area (Å²) in [5.41, 5.74) is 0.377. The molecule has 0 saturated carbocycles. The fourth-order valence-corrected chi connectivity index (χ4v) is 2.42. The third-order valence-electron chi connectivity index (χ3n) is 2.63. The smallest absolute Gasteiger partial charge is 0.272 e. The van der Waals surface area contributed by atoms with E-state index in [-0.39, 0.29) is 21.7 Å². The van der Waals surface area contributed by atoms with Gasteiger partial charge in [0.25, 0.3) is 5.69 Å². The van der Waals surface area contributed by atoms with Gasteiger partial charge in [0.05, 0.1) is 32.6 Å². The lowest BCUT2D eigenvalue weighted by Crippen LogP contribution is -2.28. The Morgan fingerprint density at radius 1 is 1.47 bits per heavy atom. The van der Waals surface area contributed by atoms with Gasteiger partial charge in [-0.2, -0.15) is 5.26 Å².